The lowest BCUT2D eigenvalue weighted by Crippen LogP contribution is -2.22. The van der Waals surface area contributed by atoms with Gasteiger partial charge in [0.15, 0.2) is 5.78 Å². The first kappa shape index (κ1) is 17.3. The third-order valence-corrected chi connectivity index (χ3v) is 4.50. The van der Waals surface area contributed by atoms with Crippen molar-refractivity contribution >= 4 is 16.6 Å². The van der Waals surface area contributed by atoms with E-state index >= 15 is 0 Å². The number of rotatable bonds is 7. The minimum atomic E-state index is -0.544. The van der Waals surface area contributed by atoms with Crippen LogP contribution < -0.4 is 5.32 Å². The lowest BCUT2D eigenvalue weighted by Gasteiger charge is -2.16. The summed E-state index contributed by atoms with van der Waals surface area (Å²) in [7, 11) is 0. The van der Waals surface area contributed by atoms with Gasteiger partial charge in [0, 0.05) is 24.6 Å². The summed E-state index contributed by atoms with van der Waals surface area (Å²) in [4.78, 5) is 12.3. The Labute approximate surface area is 147 Å². The zero-order valence-electron chi connectivity index (χ0n) is 14.3. The molecule has 0 aliphatic carbocycles. The third kappa shape index (κ3) is 4.12. The Bertz CT molecular complexity index is 869. The molecule has 3 heteroatoms. The third-order valence-electron chi connectivity index (χ3n) is 4.50. The van der Waals surface area contributed by atoms with E-state index in [1.165, 1.54) is 16.3 Å². The maximum Gasteiger partial charge on any atom is 0.164 e. The van der Waals surface area contributed by atoms with Gasteiger partial charge in [0.1, 0.15) is 6.67 Å². The fraction of sp³-hybridized carbons (Fsp3) is 0.227. The molecule has 0 saturated heterocycles. The van der Waals surface area contributed by atoms with Crippen molar-refractivity contribution in [1.29, 1.82) is 0 Å². The van der Waals surface area contributed by atoms with E-state index in [2.05, 4.69) is 42.6 Å². The number of fused-ring (bicyclic) bond motifs is 1. The van der Waals surface area contributed by atoms with Crippen LogP contribution in [0.25, 0.3) is 10.8 Å². The normalized spacial score (nSPS) is 12.2. The van der Waals surface area contributed by atoms with Gasteiger partial charge in [-0.15, -0.1) is 0 Å². The minimum absolute atomic E-state index is 0.0351. The number of carbonyl (C=O) groups excluding carboxylic acids is 1. The molecule has 2 nitrogen and oxygen atoms in total. The Kier molecular flexibility index (Phi) is 5.56. The molecule has 3 rings (SSSR count). The van der Waals surface area contributed by atoms with Crippen molar-refractivity contribution in [2.24, 2.45) is 0 Å². The van der Waals surface area contributed by atoms with Gasteiger partial charge < -0.3 is 5.32 Å². The van der Waals surface area contributed by atoms with E-state index < -0.39 is 6.67 Å². The summed E-state index contributed by atoms with van der Waals surface area (Å²) in [5, 5.41) is 5.87. The van der Waals surface area contributed by atoms with Gasteiger partial charge in [-0.2, -0.15) is 0 Å². The molecule has 0 amide bonds. The monoisotopic (exact) mass is 335 g/mol. The zero-order chi connectivity index (χ0) is 17.6. The number of halogens is 1. The highest BCUT2D eigenvalue weighted by Crippen LogP contribution is 2.24. The molecule has 0 unspecified atom stereocenters. The number of nitrogens with one attached hydrogen (secondary N) is 1. The summed E-state index contributed by atoms with van der Waals surface area (Å²) in [6.45, 7) is 2.15. The second kappa shape index (κ2) is 8.04. The molecular formula is C22H22FNO. The van der Waals surface area contributed by atoms with Crippen LogP contribution in [-0.4, -0.2) is 12.3 Å². The minimum Gasteiger partial charge on any atom is -0.310 e. The number of carbonyl (C=O) groups is 1. The van der Waals surface area contributed by atoms with Crippen LogP contribution in [0.5, 0.6) is 0 Å². The molecular weight excluding hydrogens is 313 g/mol. The molecule has 25 heavy (non-hydrogen) atoms. The predicted molar refractivity (Wildman–Crippen MR) is 101 cm³/mol. The lowest BCUT2D eigenvalue weighted by atomic mass is 9.99. The van der Waals surface area contributed by atoms with Gasteiger partial charge in [-0.05, 0) is 34.9 Å². The highest BCUT2D eigenvalue weighted by Gasteiger charge is 2.11. The highest BCUT2D eigenvalue weighted by molar-refractivity contribution is 5.96. The van der Waals surface area contributed by atoms with Crippen molar-refractivity contribution in [3.05, 3.63) is 83.4 Å². The molecule has 1 N–H and O–H groups in total. The first-order valence-electron chi connectivity index (χ1n) is 8.58. The van der Waals surface area contributed by atoms with Gasteiger partial charge in [0.25, 0.3) is 0 Å². The molecule has 3 aromatic carbocycles. The standard InChI is InChI=1S/C22H22FNO/c1-16(20-11-5-8-18-7-2-3-10-21(18)20)24-13-12-22(25)19-9-4-6-17(14-19)15-23/h2-11,14,16,24H,12-13,15H2,1H3/t16-/m1/s1. The number of benzene rings is 3. The van der Waals surface area contributed by atoms with E-state index in [0.29, 0.717) is 24.1 Å². The van der Waals surface area contributed by atoms with Crippen molar-refractivity contribution < 1.29 is 9.18 Å². The number of ketones is 1. The number of alkyl halides is 1. The van der Waals surface area contributed by atoms with Crippen molar-refractivity contribution in [3.8, 4) is 0 Å². The molecule has 0 saturated carbocycles. The molecule has 0 spiro atoms. The van der Waals surface area contributed by atoms with Crippen LogP contribution in [0.2, 0.25) is 0 Å². The number of Topliss-reactive ketones (excluding diaryl/α,β-unsaturated/α-hetero) is 1. The van der Waals surface area contributed by atoms with Gasteiger partial charge in [-0.3, -0.25) is 4.79 Å². The van der Waals surface area contributed by atoms with Crippen LogP contribution in [0.4, 0.5) is 4.39 Å². The van der Waals surface area contributed by atoms with E-state index in [1.54, 1.807) is 24.3 Å². The summed E-state index contributed by atoms with van der Waals surface area (Å²) in [6.07, 6.45) is 0.394. The highest BCUT2D eigenvalue weighted by atomic mass is 19.1. The molecule has 0 aliphatic rings. The van der Waals surface area contributed by atoms with E-state index in [1.807, 2.05) is 12.1 Å². The SMILES string of the molecule is C[C@@H](NCCC(=O)c1cccc(CF)c1)c1cccc2ccccc12. The van der Waals surface area contributed by atoms with Crippen LogP contribution in [0, 0.1) is 0 Å². The maximum atomic E-state index is 12.7. The van der Waals surface area contributed by atoms with Gasteiger partial charge >= 0.3 is 0 Å². The zero-order valence-corrected chi connectivity index (χ0v) is 14.3. The molecule has 0 radical (unpaired) electrons. The topological polar surface area (TPSA) is 29.1 Å². The fourth-order valence-electron chi connectivity index (χ4n) is 3.11. The molecule has 0 aromatic heterocycles. The molecule has 128 valence electrons. The number of hydrogen-bond donors (Lipinski definition) is 1. The smallest absolute Gasteiger partial charge is 0.164 e. The van der Waals surface area contributed by atoms with Crippen LogP contribution in [-0.2, 0) is 6.67 Å². The average Bonchev–Trinajstić information content (AvgIpc) is 2.67. The lowest BCUT2D eigenvalue weighted by molar-refractivity contribution is 0.0981. The van der Waals surface area contributed by atoms with E-state index in [0.717, 1.165) is 0 Å². The van der Waals surface area contributed by atoms with Crippen molar-refractivity contribution in [1.82, 2.24) is 5.32 Å². The van der Waals surface area contributed by atoms with Crippen molar-refractivity contribution in [3.63, 3.8) is 0 Å². The van der Waals surface area contributed by atoms with Crippen LogP contribution >= 0.6 is 0 Å². The first-order valence-corrected chi connectivity index (χ1v) is 8.58. The van der Waals surface area contributed by atoms with E-state index in [9.17, 15) is 9.18 Å². The molecule has 0 heterocycles. The van der Waals surface area contributed by atoms with Gasteiger partial charge in [0.05, 0.1) is 0 Å². The van der Waals surface area contributed by atoms with E-state index in [4.69, 9.17) is 0 Å². The molecule has 1 atom stereocenters. The van der Waals surface area contributed by atoms with Crippen LogP contribution in [0.3, 0.4) is 0 Å². The Hall–Kier alpha value is -2.52. The summed E-state index contributed by atoms with van der Waals surface area (Å²) < 4.78 is 12.7. The Morgan fingerprint density at radius 2 is 1.80 bits per heavy atom. The van der Waals surface area contributed by atoms with Gasteiger partial charge in [-0.1, -0.05) is 60.7 Å². The van der Waals surface area contributed by atoms with Crippen molar-refractivity contribution in [2.75, 3.05) is 6.54 Å². The molecule has 0 bridgehead atoms. The number of hydrogen-bond acceptors (Lipinski definition) is 2. The summed E-state index contributed by atoms with van der Waals surface area (Å²) in [6, 6.07) is 21.5. The average molecular weight is 335 g/mol. The molecule has 3 aromatic rings. The first-order chi connectivity index (χ1) is 12.2. The second-order valence-corrected chi connectivity index (χ2v) is 6.25. The maximum absolute atomic E-state index is 12.7. The van der Waals surface area contributed by atoms with Gasteiger partial charge in [0.2, 0.25) is 0 Å². The molecule has 0 fully saturated rings. The fourth-order valence-corrected chi connectivity index (χ4v) is 3.11. The van der Waals surface area contributed by atoms with E-state index in [-0.39, 0.29) is 11.8 Å². The second-order valence-electron chi connectivity index (χ2n) is 6.25. The Morgan fingerprint density at radius 3 is 2.64 bits per heavy atom. The summed E-state index contributed by atoms with van der Waals surface area (Å²) >= 11 is 0. The van der Waals surface area contributed by atoms with Crippen LogP contribution in [0.15, 0.2) is 66.7 Å². The Morgan fingerprint density at radius 1 is 1.04 bits per heavy atom. The van der Waals surface area contributed by atoms with Crippen LogP contribution in [0.1, 0.15) is 40.9 Å². The van der Waals surface area contributed by atoms with Crippen molar-refractivity contribution in [2.45, 2.75) is 26.1 Å². The molecule has 0 aliphatic heterocycles. The summed E-state index contributed by atoms with van der Waals surface area (Å²) in [5.41, 5.74) is 2.35. The van der Waals surface area contributed by atoms with Gasteiger partial charge in [-0.25, -0.2) is 4.39 Å². The largest absolute Gasteiger partial charge is 0.310 e. The predicted octanol–water partition coefficient (Wildman–Crippen LogP) is 5.23. The Balaban J connectivity index is 1.62. The quantitative estimate of drug-likeness (QED) is 0.599. The summed E-state index contributed by atoms with van der Waals surface area (Å²) in [5.74, 6) is 0.0351.